The fourth-order valence-electron chi connectivity index (χ4n) is 3.27. The molecule has 0 unspecified atom stereocenters. The number of ether oxygens (including phenoxy) is 1. The number of rotatable bonds is 7. The molecule has 0 bridgehead atoms. The standard InChI is InChI=1S/C20H32N2O4S/c1-14(2)12-22-27(24,25)17-8-6-15(7-9-17)19(23)21-13-16-10-11-26-18(16)20(3,4)5/h6-9,14,16,18,22H,10-13H2,1-5H3,(H,21,23)/t16-,18+/m1/s1. The molecule has 1 aliphatic heterocycles. The second-order valence-corrected chi connectivity index (χ2v) is 10.5. The van der Waals surface area contributed by atoms with Crippen LogP contribution in [0.15, 0.2) is 29.2 Å². The minimum absolute atomic E-state index is 0.0326. The first-order chi connectivity index (χ1) is 12.5. The Hall–Kier alpha value is -1.44. The number of nitrogens with one attached hydrogen (secondary N) is 2. The van der Waals surface area contributed by atoms with Crippen molar-refractivity contribution in [2.24, 2.45) is 17.3 Å². The summed E-state index contributed by atoms with van der Waals surface area (Å²) in [6.45, 7) is 12.0. The smallest absolute Gasteiger partial charge is 0.251 e. The van der Waals surface area contributed by atoms with Crippen molar-refractivity contribution in [3.8, 4) is 0 Å². The van der Waals surface area contributed by atoms with Crippen LogP contribution in [0, 0.1) is 17.3 Å². The number of hydrogen-bond donors (Lipinski definition) is 2. The van der Waals surface area contributed by atoms with Crippen molar-refractivity contribution >= 4 is 15.9 Å². The Bertz CT molecular complexity index is 736. The Kier molecular flexibility index (Phi) is 7.05. The van der Waals surface area contributed by atoms with E-state index in [2.05, 4.69) is 30.8 Å². The molecule has 0 aromatic heterocycles. The van der Waals surface area contributed by atoms with Crippen LogP contribution in [0.4, 0.5) is 0 Å². The zero-order chi connectivity index (χ0) is 20.2. The normalized spacial score (nSPS) is 20.8. The summed E-state index contributed by atoms with van der Waals surface area (Å²) < 4.78 is 32.8. The third-order valence-corrected chi connectivity index (χ3v) is 6.14. The molecule has 7 heteroatoms. The van der Waals surface area contributed by atoms with E-state index in [-0.39, 0.29) is 34.2 Å². The van der Waals surface area contributed by atoms with Crippen molar-refractivity contribution in [1.82, 2.24) is 10.0 Å². The van der Waals surface area contributed by atoms with E-state index in [0.717, 1.165) is 13.0 Å². The Morgan fingerprint density at radius 2 is 1.85 bits per heavy atom. The van der Waals surface area contributed by atoms with Crippen molar-refractivity contribution in [2.45, 2.75) is 52.0 Å². The predicted molar refractivity (Wildman–Crippen MR) is 106 cm³/mol. The zero-order valence-corrected chi connectivity index (χ0v) is 17.7. The first-order valence-electron chi connectivity index (χ1n) is 9.50. The number of hydrogen-bond acceptors (Lipinski definition) is 4. The minimum atomic E-state index is -3.55. The number of benzene rings is 1. The van der Waals surface area contributed by atoms with E-state index < -0.39 is 10.0 Å². The maximum atomic E-state index is 12.4. The van der Waals surface area contributed by atoms with Gasteiger partial charge in [-0.05, 0) is 42.0 Å². The summed E-state index contributed by atoms with van der Waals surface area (Å²) in [7, 11) is -3.55. The Balaban J connectivity index is 1.96. The van der Waals surface area contributed by atoms with E-state index in [9.17, 15) is 13.2 Å². The molecule has 0 radical (unpaired) electrons. The summed E-state index contributed by atoms with van der Waals surface area (Å²) in [5.74, 6) is 0.309. The highest BCUT2D eigenvalue weighted by Gasteiger charge is 2.37. The molecule has 1 aromatic rings. The number of carbonyl (C=O) groups excluding carboxylic acids is 1. The molecule has 2 N–H and O–H groups in total. The van der Waals surface area contributed by atoms with E-state index in [1.807, 2.05) is 13.8 Å². The maximum Gasteiger partial charge on any atom is 0.251 e. The largest absolute Gasteiger partial charge is 0.377 e. The highest BCUT2D eigenvalue weighted by atomic mass is 32.2. The van der Waals surface area contributed by atoms with Gasteiger partial charge in [-0.1, -0.05) is 34.6 Å². The van der Waals surface area contributed by atoms with E-state index in [1.54, 1.807) is 12.1 Å². The summed E-state index contributed by atoms with van der Waals surface area (Å²) in [5, 5.41) is 2.96. The van der Waals surface area contributed by atoms with Crippen LogP contribution in [0.1, 0.15) is 51.4 Å². The summed E-state index contributed by atoms with van der Waals surface area (Å²) in [5.41, 5.74) is 0.481. The van der Waals surface area contributed by atoms with Crippen molar-refractivity contribution in [1.29, 1.82) is 0 Å². The second kappa shape index (κ2) is 8.71. The minimum Gasteiger partial charge on any atom is -0.377 e. The van der Waals surface area contributed by atoms with Gasteiger partial charge < -0.3 is 10.1 Å². The van der Waals surface area contributed by atoms with E-state index in [1.165, 1.54) is 12.1 Å². The third kappa shape index (κ3) is 6.02. The quantitative estimate of drug-likeness (QED) is 0.742. The maximum absolute atomic E-state index is 12.4. The number of carbonyl (C=O) groups is 1. The van der Waals surface area contributed by atoms with Gasteiger partial charge in [0.15, 0.2) is 0 Å². The third-order valence-electron chi connectivity index (χ3n) is 4.70. The van der Waals surface area contributed by atoms with Crippen molar-refractivity contribution in [2.75, 3.05) is 19.7 Å². The topological polar surface area (TPSA) is 84.5 Å². The first-order valence-corrected chi connectivity index (χ1v) is 11.0. The average Bonchev–Trinajstić information content (AvgIpc) is 3.07. The zero-order valence-electron chi connectivity index (χ0n) is 16.9. The van der Waals surface area contributed by atoms with Crippen molar-refractivity contribution in [3.63, 3.8) is 0 Å². The van der Waals surface area contributed by atoms with Gasteiger partial charge in [0.2, 0.25) is 10.0 Å². The molecule has 0 spiro atoms. The van der Waals surface area contributed by atoms with Gasteiger partial charge in [-0.15, -0.1) is 0 Å². The van der Waals surface area contributed by atoms with Gasteiger partial charge in [-0.3, -0.25) is 4.79 Å². The summed E-state index contributed by atoms with van der Waals surface area (Å²) in [4.78, 5) is 12.6. The lowest BCUT2D eigenvalue weighted by atomic mass is 9.81. The Morgan fingerprint density at radius 3 is 2.41 bits per heavy atom. The molecule has 0 aliphatic carbocycles. The number of sulfonamides is 1. The van der Waals surface area contributed by atoms with Gasteiger partial charge in [0, 0.05) is 31.2 Å². The molecule has 6 nitrogen and oxygen atoms in total. The van der Waals surface area contributed by atoms with Crippen LogP contribution in [-0.4, -0.2) is 40.1 Å². The summed E-state index contributed by atoms with van der Waals surface area (Å²) >= 11 is 0. The molecule has 1 aromatic carbocycles. The highest BCUT2D eigenvalue weighted by Crippen LogP contribution is 2.34. The van der Waals surface area contributed by atoms with Crippen LogP contribution in [0.25, 0.3) is 0 Å². The molecule has 1 aliphatic rings. The molecule has 1 fully saturated rings. The SMILES string of the molecule is CC(C)CNS(=O)(=O)c1ccc(C(=O)NC[C@H]2CCO[C@@H]2C(C)(C)C)cc1. The van der Waals surface area contributed by atoms with Gasteiger partial charge in [-0.2, -0.15) is 0 Å². The summed E-state index contributed by atoms with van der Waals surface area (Å²) in [6.07, 6.45) is 1.05. The molecule has 1 heterocycles. The monoisotopic (exact) mass is 396 g/mol. The Morgan fingerprint density at radius 1 is 1.22 bits per heavy atom. The molecule has 27 heavy (non-hydrogen) atoms. The molecule has 2 atom stereocenters. The molecule has 152 valence electrons. The van der Waals surface area contributed by atoms with Crippen LogP contribution in [-0.2, 0) is 14.8 Å². The van der Waals surface area contributed by atoms with Crippen LogP contribution in [0.5, 0.6) is 0 Å². The van der Waals surface area contributed by atoms with Crippen LogP contribution >= 0.6 is 0 Å². The van der Waals surface area contributed by atoms with E-state index in [0.29, 0.717) is 18.7 Å². The Labute approximate surface area is 163 Å². The van der Waals surface area contributed by atoms with Gasteiger partial charge in [-0.25, -0.2) is 13.1 Å². The van der Waals surface area contributed by atoms with Crippen LogP contribution in [0.2, 0.25) is 0 Å². The van der Waals surface area contributed by atoms with Crippen LogP contribution in [0.3, 0.4) is 0 Å². The second-order valence-electron chi connectivity index (χ2n) is 8.69. The van der Waals surface area contributed by atoms with Crippen LogP contribution < -0.4 is 10.0 Å². The molecule has 2 rings (SSSR count). The molecular formula is C20H32N2O4S. The average molecular weight is 397 g/mol. The fourth-order valence-corrected chi connectivity index (χ4v) is 4.48. The molecule has 1 saturated heterocycles. The lowest BCUT2D eigenvalue weighted by molar-refractivity contribution is 0.00737. The van der Waals surface area contributed by atoms with Crippen molar-refractivity contribution in [3.05, 3.63) is 29.8 Å². The first kappa shape index (κ1) is 21.9. The van der Waals surface area contributed by atoms with Crippen molar-refractivity contribution < 1.29 is 17.9 Å². The highest BCUT2D eigenvalue weighted by molar-refractivity contribution is 7.89. The van der Waals surface area contributed by atoms with E-state index in [4.69, 9.17) is 4.74 Å². The number of amides is 1. The molecular weight excluding hydrogens is 364 g/mol. The van der Waals surface area contributed by atoms with Gasteiger partial charge in [0.05, 0.1) is 11.0 Å². The van der Waals surface area contributed by atoms with Gasteiger partial charge >= 0.3 is 0 Å². The van der Waals surface area contributed by atoms with E-state index >= 15 is 0 Å². The predicted octanol–water partition coefficient (Wildman–Crippen LogP) is 2.80. The molecule has 1 amide bonds. The van der Waals surface area contributed by atoms with Gasteiger partial charge in [0.25, 0.3) is 5.91 Å². The van der Waals surface area contributed by atoms with Gasteiger partial charge in [0.1, 0.15) is 0 Å². The summed E-state index contributed by atoms with van der Waals surface area (Å²) in [6, 6.07) is 6.03. The lowest BCUT2D eigenvalue weighted by Crippen LogP contribution is -2.38. The fraction of sp³-hybridized carbons (Fsp3) is 0.650. The lowest BCUT2D eigenvalue weighted by Gasteiger charge is -2.31. The molecule has 0 saturated carbocycles.